The van der Waals surface area contributed by atoms with Gasteiger partial charge in [-0.1, -0.05) is 37.1 Å². The van der Waals surface area contributed by atoms with Gasteiger partial charge < -0.3 is 15.5 Å². The van der Waals surface area contributed by atoms with Crippen LogP contribution < -0.4 is 5.73 Å². The van der Waals surface area contributed by atoms with Crippen molar-refractivity contribution in [3.8, 4) is 0 Å². The van der Waals surface area contributed by atoms with Gasteiger partial charge in [-0.3, -0.25) is 9.79 Å². The summed E-state index contributed by atoms with van der Waals surface area (Å²) in [6.07, 6.45) is 7.26. The van der Waals surface area contributed by atoms with Gasteiger partial charge in [-0.25, -0.2) is 0 Å². The predicted octanol–water partition coefficient (Wildman–Crippen LogP) is 3.16. The molecule has 0 atom stereocenters. The molecule has 0 radical (unpaired) electrons. The number of guanidine groups is 1. The largest absolute Gasteiger partial charge is 0.370 e. The lowest BCUT2D eigenvalue weighted by Crippen LogP contribution is -2.38. The number of carbonyl (C=O) groups excluding carboxylic acids is 1. The summed E-state index contributed by atoms with van der Waals surface area (Å²) >= 11 is 0. The number of rotatable bonds is 4. The number of benzene rings is 1. The normalized spacial score (nSPS) is 17.9. The number of amides is 1. The number of halogens is 1. The molecule has 2 N–H and O–H groups in total. The average molecular weight is 470 g/mol. The maximum atomic E-state index is 12.4. The van der Waals surface area contributed by atoms with Crippen LogP contribution in [0, 0.1) is 0 Å². The van der Waals surface area contributed by atoms with Gasteiger partial charge in [0, 0.05) is 39.1 Å². The van der Waals surface area contributed by atoms with Gasteiger partial charge in [0.15, 0.2) is 5.96 Å². The summed E-state index contributed by atoms with van der Waals surface area (Å²) in [6, 6.07) is 8.41. The van der Waals surface area contributed by atoms with E-state index in [1.54, 1.807) is 0 Å². The highest BCUT2D eigenvalue weighted by molar-refractivity contribution is 14.0. The molecule has 26 heavy (non-hydrogen) atoms. The van der Waals surface area contributed by atoms with E-state index in [-0.39, 0.29) is 29.9 Å². The van der Waals surface area contributed by atoms with Crippen molar-refractivity contribution in [1.29, 1.82) is 0 Å². The number of aliphatic imine (C=N–C) groups is 1. The Balaban J connectivity index is 0.00000243. The summed E-state index contributed by atoms with van der Waals surface area (Å²) in [5.74, 6) is 0.888. The molecule has 6 heteroatoms. The van der Waals surface area contributed by atoms with Crippen molar-refractivity contribution >= 4 is 35.8 Å². The summed E-state index contributed by atoms with van der Waals surface area (Å²) in [5, 5.41) is 0. The van der Waals surface area contributed by atoms with Crippen molar-refractivity contribution in [2.24, 2.45) is 10.7 Å². The SMILES string of the molecule is I.NC(=NCCCC(=O)N1CCc2ccccc2C1)N1CCCCCC1. The number of nitrogens with two attached hydrogens (primary N) is 1. The third-order valence-electron chi connectivity index (χ3n) is 5.24. The van der Waals surface area contributed by atoms with Crippen molar-refractivity contribution in [2.75, 3.05) is 26.2 Å². The van der Waals surface area contributed by atoms with E-state index in [4.69, 9.17) is 5.73 Å². The molecule has 1 amide bonds. The first kappa shape index (κ1) is 21.0. The minimum Gasteiger partial charge on any atom is -0.370 e. The first-order valence-corrected chi connectivity index (χ1v) is 9.63. The van der Waals surface area contributed by atoms with Crippen LogP contribution in [0.4, 0.5) is 0 Å². The second-order valence-corrected chi connectivity index (χ2v) is 7.08. The Bertz CT molecular complexity index is 612. The first-order chi connectivity index (χ1) is 12.2. The van der Waals surface area contributed by atoms with Gasteiger partial charge in [-0.15, -0.1) is 24.0 Å². The maximum Gasteiger partial charge on any atom is 0.222 e. The van der Waals surface area contributed by atoms with Crippen LogP contribution in [0.15, 0.2) is 29.3 Å². The van der Waals surface area contributed by atoms with E-state index < -0.39 is 0 Å². The predicted molar refractivity (Wildman–Crippen MR) is 117 cm³/mol. The lowest BCUT2D eigenvalue weighted by atomic mass is 9.99. The van der Waals surface area contributed by atoms with Crippen LogP contribution in [-0.4, -0.2) is 47.8 Å². The Labute approximate surface area is 174 Å². The number of likely N-dealkylation sites (tertiary alicyclic amines) is 1. The standard InChI is InChI=1S/C20H30N4O.HI/c21-20(23-13-5-1-2-6-14-23)22-12-7-10-19(25)24-15-11-17-8-3-4-9-18(17)16-24;/h3-4,8-9H,1-2,5-7,10-16H2,(H2,21,22);1H. The highest BCUT2D eigenvalue weighted by Crippen LogP contribution is 2.19. The van der Waals surface area contributed by atoms with Gasteiger partial charge in [0.25, 0.3) is 0 Å². The molecular formula is C20H31IN4O. The number of carbonyl (C=O) groups is 1. The first-order valence-electron chi connectivity index (χ1n) is 9.63. The smallest absolute Gasteiger partial charge is 0.222 e. The van der Waals surface area contributed by atoms with E-state index in [9.17, 15) is 4.79 Å². The molecule has 0 unspecified atom stereocenters. The molecule has 0 aromatic heterocycles. The fourth-order valence-electron chi connectivity index (χ4n) is 3.69. The van der Waals surface area contributed by atoms with Gasteiger partial charge in [0.05, 0.1) is 0 Å². The third-order valence-corrected chi connectivity index (χ3v) is 5.24. The fourth-order valence-corrected chi connectivity index (χ4v) is 3.69. The highest BCUT2D eigenvalue weighted by atomic mass is 127. The maximum absolute atomic E-state index is 12.4. The zero-order valence-electron chi connectivity index (χ0n) is 15.5. The quantitative estimate of drug-likeness (QED) is 0.318. The fraction of sp³-hybridized carbons (Fsp3) is 0.600. The third kappa shape index (κ3) is 5.86. The Morgan fingerprint density at radius 2 is 1.69 bits per heavy atom. The van der Waals surface area contributed by atoms with Crippen LogP contribution in [0.1, 0.15) is 49.7 Å². The molecule has 1 saturated heterocycles. The molecule has 0 saturated carbocycles. The van der Waals surface area contributed by atoms with Crippen LogP contribution in [-0.2, 0) is 17.8 Å². The van der Waals surface area contributed by atoms with Crippen molar-refractivity contribution in [1.82, 2.24) is 9.80 Å². The average Bonchev–Trinajstić information content (AvgIpc) is 2.94. The molecule has 0 bridgehead atoms. The molecule has 0 spiro atoms. The van der Waals surface area contributed by atoms with Gasteiger partial charge in [0.2, 0.25) is 5.91 Å². The zero-order valence-corrected chi connectivity index (χ0v) is 17.9. The van der Waals surface area contributed by atoms with Crippen LogP contribution in [0.5, 0.6) is 0 Å². The Morgan fingerprint density at radius 1 is 1.00 bits per heavy atom. The molecule has 0 aliphatic carbocycles. The van der Waals surface area contributed by atoms with E-state index in [0.29, 0.717) is 18.9 Å². The number of hydrogen-bond donors (Lipinski definition) is 1. The van der Waals surface area contributed by atoms with Crippen molar-refractivity contribution in [3.05, 3.63) is 35.4 Å². The summed E-state index contributed by atoms with van der Waals surface area (Å²) in [7, 11) is 0. The summed E-state index contributed by atoms with van der Waals surface area (Å²) < 4.78 is 0. The molecule has 1 aromatic carbocycles. The van der Waals surface area contributed by atoms with Crippen LogP contribution in [0.3, 0.4) is 0 Å². The Kier molecular flexibility index (Phi) is 8.68. The summed E-state index contributed by atoms with van der Waals surface area (Å²) in [6.45, 7) is 4.24. The second kappa shape index (κ2) is 10.7. The van der Waals surface area contributed by atoms with E-state index in [2.05, 4.69) is 28.1 Å². The van der Waals surface area contributed by atoms with Crippen molar-refractivity contribution in [2.45, 2.75) is 51.5 Å². The molecule has 2 aliphatic heterocycles. The van der Waals surface area contributed by atoms with Gasteiger partial charge in [-0.05, 0) is 36.8 Å². The second-order valence-electron chi connectivity index (χ2n) is 7.08. The number of hydrogen-bond acceptors (Lipinski definition) is 2. The van der Waals surface area contributed by atoms with Crippen LogP contribution in [0.25, 0.3) is 0 Å². The monoisotopic (exact) mass is 470 g/mol. The molecule has 5 nitrogen and oxygen atoms in total. The van der Waals surface area contributed by atoms with Crippen LogP contribution in [0.2, 0.25) is 0 Å². The van der Waals surface area contributed by atoms with E-state index in [1.165, 1.54) is 36.8 Å². The van der Waals surface area contributed by atoms with E-state index >= 15 is 0 Å². The molecule has 2 heterocycles. The molecular weight excluding hydrogens is 439 g/mol. The van der Waals surface area contributed by atoms with E-state index in [0.717, 1.165) is 39.0 Å². The Morgan fingerprint density at radius 3 is 2.42 bits per heavy atom. The topological polar surface area (TPSA) is 61.9 Å². The van der Waals surface area contributed by atoms with Crippen LogP contribution >= 0.6 is 24.0 Å². The number of nitrogens with zero attached hydrogens (tertiary/aromatic N) is 3. The summed E-state index contributed by atoms with van der Waals surface area (Å²) in [5.41, 5.74) is 8.77. The summed E-state index contributed by atoms with van der Waals surface area (Å²) in [4.78, 5) is 21.1. The number of fused-ring (bicyclic) bond motifs is 1. The molecule has 2 aliphatic rings. The highest BCUT2D eigenvalue weighted by Gasteiger charge is 2.19. The molecule has 1 aromatic rings. The molecule has 3 rings (SSSR count). The Hall–Kier alpha value is -1.31. The zero-order chi connectivity index (χ0) is 17.5. The molecule has 144 valence electrons. The lowest BCUT2D eigenvalue weighted by Gasteiger charge is -2.29. The van der Waals surface area contributed by atoms with Gasteiger partial charge >= 0.3 is 0 Å². The van der Waals surface area contributed by atoms with Gasteiger partial charge in [-0.2, -0.15) is 0 Å². The molecule has 1 fully saturated rings. The lowest BCUT2D eigenvalue weighted by molar-refractivity contribution is -0.132. The van der Waals surface area contributed by atoms with Crippen molar-refractivity contribution < 1.29 is 4.79 Å². The van der Waals surface area contributed by atoms with Gasteiger partial charge in [0.1, 0.15) is 0 Å². The minimum atomic E-state index is 0. The van der Waals surface area contributed by atoms with Crippen molar-refractivity contribution in [3.63, 3.8) is 0 Å². The van der Waals surface area contributed by atoms with E-state index in [1.807, 2.05) is 11.0 Å². The minimum absolute atomic E-state index is 0.